The van der Waals surface area contributed by atoms with Crippen molar-refractivity contribution in [1.29, 1.82) is 0 Å². The molecule has 4 nitrogen and oxygen atoms in total. The first-order valence-electron chi connectivity index (χ1n) is 9.41. The van der Waals surface area contributed by atoms with Gasteiger partial charge in [0.05, 0.1) is 11.4 Å². The molecule has 4 rings (SSSR count). The lowest BCUT2D eigenvalue weighted by molar-refractivity contribution is 0.564. The van der Waals surface area contributed by atoms with Crippen LogP contribution in [0, 0.1) is 0 Å². The minimum absolute atomic E-state index is 0.318. The van der Waals surface area contributed by atoms with Gasteiger partial charge in [0, 0.05) is 16.5 Å². The van der Waals surface area contributed by atoms with Crippen LogP contribution < -0.4 is 0 Å². The number of hydrogen-bond acceptors (Lipinski definition) is 4. The molecule has 34 heavy (non-hydrogen) atoms. The topological polar surface area (TPSA) is 58.9 Å². The van der Waals surface area contributed by atoms with Gasteiger partial charge in [-0.1, -0.05) is 136 Å². The number of fused-ring (bicyclic) bond motifs is 2. The molecule has 0 unspecified atom stereocenters. The zero-order chi connectivity index (χ0) is 24.9. The minimum Gasteiger partial charge on any atom is -0.211 e. The van der Waals surface area contributed by atoms with Crippen molar-refractivity contribution in [3.05, 3.63) is 83.9 Å². The van der Waals surface area contributed by atoms with Gasteiger partial charge < -0.3 is 0 Å². The van der Waals surface area contributed by atoms with Gasteiger partial charge in [0.2, 0.25) is 19.7 Å². The molecule has 0 bridgehead atoms. The number of alkyl halides is 6. The molecule has 0 aliphatic carbocycles. The van der Waals surface area contributed by atoms with E-state index in [1.807, 2.05) is 60.7 Å². The van der Waals surface area contributed by atoms with Crippen molar-refractivity contribution in [2.75, 3.05) is 0 Å². The van der Waals surface area contributed by atoms with Gasteiger partial charge in [-0.05, 0) is 22.2 Å². The van der Waals surface area contributed by atoms with E-state index in [2.05, 4.69) is 9.98 Å². The Balaban J connectivity index is 0.000000191. The van der Waals surface area contributed by atoms with Crippen LogP contribution in [0.1, 0.15) is 11.1 Å². The first-order chi connectivity index (χ1) is 16.1. The Labute approximate surface area is 224 Å². The van der Waals surface area contributed by atoms with Crippen LogP contribution in [-0.2, 0) is 17.2 Å². The number of nitrogens with zero attached hydrogens (tertiary/aromatic N) is 2. The van der Waals surface area contributed by atoms with Gasteiger partial charge in [0.25, 0.3) is 0 Å². The van der Waals surface area contributed by atoms with Crippen molar-refractivity contribution in [3.63, 3.8) is 0 Å². The number of hydrogen-bond donors (Lipinski definition) is 0. The summed E-state index contributed by atoms with van der Waals surface area (Å²) in [4.78, 5) is 28.1. The van der Waals surface area contributed by atoms with E-state index in [4.69, 9.17) is 69.6 Å². The van der Waals surface area contributed by atoms with Crippen LogP contribution in [0.3, 0.4) is 0 Å². The van der Waals surface area contributed by atoms with E-state index in [9.17, 15) is 9.59 Å². The molecule has 0 aliphatic heterocycles. The van der Waals surface area contributed by atoms with E-state index < -0.39 is 7.59 Å². The number of carbonyl (C=O) groups excluding carboxylic acids is 2. The molecule has 0 atom stereocenters. The maximum absolute atomic E-state index is 10.5. The molecule has 0 N–H and O–H groups in total. The highest BCUT2D eigenvalue weighted by Gasteiger charge is 2.29. The Kier molecular flexibility index (Phi) is 8.65. The molecule has 0 fully saturated rings. The van der Waals surface area contributed by atoms with Crippen molar-refractivity contribution in [2.24, 2.45) is 9.98 Å². The normalized spacial score (nSPS) is 11.2. The minimum atomic E-state index is -1.64. The number of aliphatic imine (C=N–C) groups is 2. The first-order valence-corrected chi connectivity index (χ1v) is 11.7. The van der Waals surface area contributed by atoms with Crippen molar-refractivity contribution in [2.45, 2.75) is 7.59 Å². The predicted molar refractivity (Wildman–Crippen MR) is 142 cm³/mol. The molecule has 0 heterocycles. The summed E-state index contributed by atoms with van der Waals surface area (Å²) in [5, 5.41) is 3.34. The second-order valence-corrected chi connectivity index (χ2v) is 11.3. The highest BCUT2D eigenvalue weighted by Crippen LogP contribution is 2.47. The highest BCUT2D eigenvalue weighted by atomic mass is 35.6. The molecule has 0 aliphatic rings. The van der Waals surface area contributed by atoms with E-state index in [-0.39, 0.29) is 0 Å². The Bertz CT molecular complexity index is 1450. The Morgan fingerprint density at radius 3 is 1.68 bits per heavy atom. The third kappa shape index (κ3) is 6.12. The smallest absolute Gasteiger partial charge is 0.211 e. The van der Waals surface area contributed by atoms with Gasteiger partial charge in [-0.25, -0.2) is 9.59 Å². The van der Waals surface area contributed by atoms with Crippen LogP contribution in [0.4, 0.5) is 11.4 Å². The Morgan fingerprint density at radius 1 is 0.588 bits per heavy atom. The second-order valence-electron chi connectivity index (χ2n) is 6.77. The fourth-order valence-corrected chi connectivity index (χ4v) is 4.40. The average molecular weight is 573 g/mol. The van der Waals surface area contributed by atoms with Crippen LogP contribution in [0.25, 0.3) is 21.5 Å². The van der Waals surface area contributed by atoms with Gasteiger partial charge in [0.15, 0.2) is 0 Å². The standard InChI is InChI=1S/2C12H6Cl3NO/c13-12(14,15)11-9-4-2-1-3-8(9)5-6-10(11)16-7-17;13-12(14,15)10-6-5-8-3-1-2-4-9(8)11(10)16-7-17/h2*1-6H. The van der Waals surface area contributed by atoms with Crippen molar-refractivity contribution in [1.82, 2.24) is 0 Å². The molecule has 0 amide bonds. The molecule has 0 saturated heterocycles. The number of halogens is 6. The number of isocyanates is 2. The average Bonchev–Trinajstić information content (AvgIpc) is 2.78. The largest absolute Gasteiger partial charge is 0.240 e. The van der Waals surface area contributed by atoms with Crippen LogP contribution in [0.2, 0.25) is 0 Å². The lowest BCUT2D eigenvalue weighted by Crippen LogP contribution is -2.01. The quantitative estimate of drug-likeness (QED) is 0.136. The van der Waals surface area contributed by atoms with E-state index in [1.165, 1.54) is 12.2 Å². The lowest BCUT2D eigenvalue weighted by atomic mass is 10.0. The van der Waals surface area contributed by atoms with Gasteiger partial charge in [-0.15, -0.1) is 0 Å². The third-order valence-corrected chi connectivity index (χ3v) is 5.90. The first kappa shape index (κ1) is 26.5. The predicted octanol–water partition coefficient (Wildman–Crippen LogP) is 9.27. The molecule has 10 heteroatoms. The molecule has 4 aromatic rings. The van der Waals surface area contributed by atoms with E-state index >= 15 is 0 Å². The van der Waals surface area contributed by atoms with Gasteiger partial charge in [-0.3, -0.25) is 0 Å². The summed E-state index contributed by atoms with van der Waals surface area (Å²) in [5.74, 6) is 0. The highest BCUT2D eigenvalue weighted by molar-refractivity contribution is 6.67. The molecule has 0 saturated carbocycles. The zero-order valence-corrected chi connectivity index (χ0v) is 21.4. The lowest BCUT2D eigenvalue weighted by Gasteiger charge is -2.16. The molecule has 0 spiro atoms. The maximum atomic E-state index is 10.5. The third-order valence-electron chi connectivity index (χ3n) is 4.72. The fourth-order valence-electron chi connectivity index (χ4n) is 3.35. The maximum Gasteiger partial charge on any atom is 0.240 e. The van der Waals surface area contributed by atoms with Crippen LogP contribution in [0.5, 0.6) is 0 Å². The van der Waals surface area contributed by atoms with Gasteiger partial charge in [-0.2, -0.15) is 9.98 Å². The molecular formula is C24H12Cl6N2O2. The fraction of sp³-hybridized carbons (Fsp3) is 0.0833. The van der Waals surface area contributed by atoms with E-state index in [1.54, 1.807) is 12.1 Å². The molecule has 0 radical (unpaired) electrons. The van der Waals surface area contributed by atoms with Crippen molar-refractivity contribution >= 4 is 115 Å². The molecular weight excluding hydrogens is 561 g/mol. The van der Waals surface area contributed by atoms with Crippen molar-refractivity contribution in [3.8, 4) is 0 Å². The SMILES string of the molecule is O=C=Nc1c(C(Cl)(Cl)Cl)ccc2ccccc12.O=C=Nc1ccc2ccccc2c1C(Cl)(Cl)Cl. The monoisotopic (exact) mass is 570 g/mol. The molecule has 0 aromatic heterocycles. The van der Waals surface area contributed by atoms with Crippen molar-refractivity contribution < 1.29 is 9.59 Å². The van der Waals surface area contributed by atoms with Crippen LogP contribution >= 0.6 is 69.6 Å². The van der Waals surface area contributed by atoms with E-state index in [0.717, 1.165) is 21.5 Å². The number of benzene rings is 4. The number of rotatable bonds is 2. The Hall–Kier alpha value is -2.10. The van der Waals surface area contributed by atoms with E-state index in [0.29, 0.717) is 22.5 Å². The van der Waals surface area contributed by atoms with Crippen LogP contribution in [-0.4, -0.2) is 12.2 Å². The zero-order valence-electron chi connectivity index (χ0n) is 16.9. The summed E-state index contributed by atoms with van der Waals surface area (Å²) >= 11 is 35.3. The summed E-state index contributed by atoms with van der Waals surface area (Å²) in [5.41, 5.74) is 1.42. The summed E-state index contributed by atoms with van der Waals surface area (Å²) in [6, 6.07) is 21.7. The van der Waals surface area contributed by atoms with Gasteiger partial charge >= 0.3 is 0 Å². The molecule has 4 aromatic carbocycles. The Morgan fingerprint density at radius 2 is 1.12 bits per heavy atom. The summed E-state index contributed by atoms with van der Waals surface area (Å²) in [6.07, 6.45) is 2.95. The second kappa shape index (κ2) is 11.1. The summed E-state index contributed by atoms with van der Waals surface area (Å²) in [6.45, 7) is 0. The summed E-state index contributed by atoms with van der Waals surface area (Å²) < 4.78 is -3.27. The van der Waals surface area contributed by atoms with Gasteiger partial charge in [0.1, 0.15) is 0 Å². The van der Waals surface area contributed by atoms with Crippen LogP contribution in [0.15, 0.2) is 82.8 Å². The summed E-state index contributed by atoms with van der Waals surface area (Å²) in [7, 11) is 0. The molecule has 172 valence electrons.